The zero-order valence-electron chi connectivity index (χ0n) is 15.3. The van der Waals surface area contributed by atoms with Gasteiger partial charge in [-0.1, -0.05) is 26.0 Å². The van der Waals surface area contributed by atoms with E-state index in [0.29, 0.717) is 30.6 Å². The summed E-state index contributed by atoms with van der Waals surface area (Å²) in [6, 6.07) is 7.76. The van der Waals surface area contributed by atoms with Crippen molar-refractivity contribution in [2.24, 2.45) is 5.92 Å². The molecule has 26 heavy (non-hydrogen) atoms. The fraction of sp³-hybridized carbons (Fsp3) is 0.579. The van der Waals surface area contributed by atoms with Gasteiger partial charge in [0.15, 0.2) is 5.58 Å². The summed E-state index contributed by atoms with van der Waals surface area (Å²) < 4.78 is 7.10. The summed E-state index contributed by atoms with van der Waals surface area (Å²) in [5.74, 6) is 0.341. The van der Waals surface area contributed by atoms with Gasteiger partial charge in [-0.25, -0.2) is 10.2 Å². The lowest BCUT2D eigenvalue weighted by Gasteiger charge is -2.33. The Morgan fingerprint density at radius 3 is 2.62 bits per heavy atom. The van der Waals surface area contributed by atoms with Gasteiger partial charge in [0.2, 0.25) is 5.91 Å². The fourth-order valence-electron chi connectivity index (χ4n) is 4.08. The zero-order valence-corrected chi connectivity index (χ0v) is 15.3. The van der Waals surface area contributed by atoms with Crippen LogP contribution >= 0.6 is 0 Å². The topological polar surface area (TPSA) is 79.5 Å². The molecule has 0 radical (unpaired) electrons. The molecule has 1 aromatic heterocycles. The molecule has 3 heterocycles. The second kappa shape index (κ2) is 6.89. The Morgan fingerprint density at radius 1 is 1.19 bits per heavy atom. The van der Waals surface area contributed by atoms with Crippen molar-refractivity contribution in [1.29, 1.82) is 0 Å². The van der Waals surface area contributed by atoms with Gasteiger partial charge in [0.05, 0.1) is 5.52 Å². The number of amides is 1. The Balaban J connectivity index is 1.42. The van der Waals surface area contributed by atoms with Crippen LogP contribution < -0.4 is 16.6 Å². The van der Waals surface area contributed by atoms with Gasteiger partial charge in [0.1, 0.15) is 6.04 Å². The summed E-state index contributed by atoms with van der Waals surface area (Å²) in [5.41, 5.74) is 7.83. The van der Waals surface area contributed by atoms with E-state index in [0.717, 1.165) is 24.8 Å². The second-order valence-electron chi connectivity index (χ2n) is 7.69. The summed E-state index contributed by atoms with van der Waals surface area (Å²) in [6.45, 7) is 5.65. The molecule has 0 bridgehead atoms. The van der Waals surface area contributed by atoms with Crippen LogP contribution in [0.2, 0.25) is 0 Å². The van der Waals surface area contributed by atoms with Crippen LogP contribution in [-0.4, -0.2) is 40.5 Å². The van der Waals surface area contributed by atoms with Crippen LogP contribution in [0.1, 0.15) is 39.2 Å². The van der Waals surface area contributed by atoms with E-state index in [1.165, 1.54) is 0 Å². The van der Waals surface area contributed by atoms with Gasteiger partial charge < -0.3 is 9.32 Å². The lowest BCUT2D eigenvalue weighted by molar-refractivity contribution is -0.134. The van der Waals surface area contributed by atoms with Crippen LogP contribution in [0.25, 0.3) is 11.1 Å². The number of carbonyl (C=O) groups excluding carboxylic acids is 1. The molecule has 140 valence electrons. The minimum Gasteiger partial charge on any atom is -0.408 e. The van der Waals surface area contributed by atoms with E-state index in [9.17, 15) is 9.59 Å². The maximum atomic E-state index is 12.8. The Morgan fingerprint density at radius 2 is 1.92 bits per heavy atom. The predicted octanol–water partition coefficient (Wildman–Crippen LogP) is 1.65. The first-order chi connectivity index (χ1) is 12.5. The number of likely N-dealkylation sites (tertiary alicyclic amines) is 1. The molecule has 1 aromatic carbocycles. The van der Waals surface area contributed by atoms with Gasteiger partial charge in [-0.05, 0) is 37.3 Å². The third-order valence-electron chi connectivity index (χ3n) is 5.70. The van der Waals surface area contributed by atoms with E-state index < -0.39 is 0 Å². The van der Waals surface area contributed by atoms with Crippen molar-refractivity contribution in [1.82, 2.24) is 20.3 Å². The van der Waals surface area contributed by atoms with Crippen LogP contribution in [-0.2, 0) is 4.79 Å². The second-order valence-corrected chi connectivity index (χ2v) is 7.69. The monoisotopic (exact) mass is 358 g/mol. The molecular weight excluding hydrogens is 332 g/mol. The minimum atomic E-state index is -0.308. The van der Waals surface area contributed by atoms with Gasteiger partial charge in [-0.2, -0.15) is 0 Å². The van der Waals surface area contributed by atoms with E-state index in [2.05, 4.69) is 24.7 Å². The van der Waals surface area contributed by atoms with Crippen LogP contribution in [0, 0.1) is 5.92 Å². The minimum absolute atomic E-state index is 0.0771. The number of nitrogens with zero attached hydrogens (tertiary/aromatic N) is 2. The Bertz CT molecular complexity index is 848. The van der Waals surface area contributed by atoms with E-state index in [1.807, 2.05) is 29.2 Å². The van der Waals surface area contributed by atoms with Crippen molar-refractivity contribution < 1.29 is 9.21 Å². The van der Waals surface area contributed by atoms with Gasteiger partial charge in [-0.15, -0.1) is 0 Å². The standard InChI is InChI=1S/C19H26N4O3/c1-12(2)14-11-15(21-20-14)18(24)22-9-7-13(8-10-22)23-16-5-3-4-6-17(16)26-19(23)25/h3-6,12-15,20-21H,7-11H2,1-2H3. The number of oxazole rings is 1. The molecule has 2 saturated heterocycles. The van der Waals surface area contributed by atoms with E-state index in [4.69, 9.17) is 4.42 Å². The number of aromatic nitrogens is 1. The molecule has 2 N–H and O–H groups in total. The van der Waals surface area contributed by atoms with E-state index in [-0.39, 0.29) is 23.7 Å². The van der Waals surface area contributed by atoms with Gasteiger partial charge in [0, 0.05) is 25.2 Å². The molecule has 2 aliphatic heterocycles. The average Bonchev–Trinajstić information content (AvgIpc) is 3.25. The van der Waals surface area contributed by atoms with Crippen molar-refractivity contribution in [3.05, 3.63) is 34.8 Å². The maximum absolute atomic E-state index is 12.8. The molecule has 2 unspecified atom stereocenters. The Kier molecular flexibility index (Phi) is 4.58. The summed E-state index contributed by atoms with van der Waals surface area (Å²) in [5, 5.41) is 0. The first kappa shape index (κ1) is 17.3. The number of fused-ring (bicyclic) bond motifs is 1. The highest BCUT2D eigenvalue weighted by atomic mass is 16.4. The van der Waals surface area contributed by atoms with Crippen molar-refractivity contribution in [2.75, 3.05) is 13.1 Å². The summed E-state index contributed by atoms with van der Waals surface area (Å²) in [4.78, 5) is 27.0. The Labute approximate surface area is 152 Å². The molecule has 2 aromatic rings. The Hall–Kier alpha value is -2.12. The van der Waals surface area contributed by atoms with Gasteiger partial charge in [0.25, 0.3) is 0 Å². The highest BCUT2D eigenvalue weighted by molar-refractivity contribution is 5.82. The van der Waals surface area contributed by atoms with E-state index in [1.54, 1.807) is 4.57 Å². The van der Waals surface area contributed by atoms with Crippen LogP contribution in [0.5, 0.6) is 0 Å². The molecular formula is C19H26N4O3. The number of benzene rings is 1. The maximum Gasteiger partial charge on any atom is 0.420 e. The van der Waals surface area contributed by atoms with Crippen molar-refractivity contribution in [3.63, 3.8) is 0 Å². The molecule has 2 fully saturated rings. The number of hydrogen-bond acceptors (Lipinski definition) is 5. The molecule has 2 atom stereocenters. The molecule has 0 spiro atoms. The molecule has 1 amide bonds. The third-order valence-corrected chi connectivity index (χ3v) is 5.70. The number of hydrazine groups is 1. The number of nitrogens with one attached hydrogen (secondary N) is 2. The molecule has 7 heteroatoms. The lowest BCUT2D eigenvalue weighted by Crippen LogP contribution is -2.49. The number of carbonyl (C=O) groups is 1. The van der Waals surface area contributed by atoms with Crippen molar-refractivity contribution in [3.8, 4) is 0 Å². The highest BCUT2D eigenvalue weighted by Gasteiger charge is 2.35. The van der Waals surface area contributed by atoms with Crippen LogP contribution in [0.15, 0.2) is 33.5 Å². The van der Waals surface area contributed by atoms with E-state index >= 15 is 0 Å². The average molecular weight is 358 g/mol. The zero-order chi connectivity index (χ0) is 18.3. The lowest BCUT2D eigenvalue weighted by atomic mass is 9.98. The smallest absolute Gasteiger partial charge is 0.408 e. The molecule has 4 rings (SSSR count). The number of hydrogen-bond donors (Lipinski definition) is 2. The van der Waals surface area contributed by atoms with Gasteiger partial charge >= 0.3 is 5.76 Å². The quantitative estimate of drug-likeness (QED) is 0.872. The number of para-hydroxylation sites is 2. The summed E-state index contributed by atoms with van der Waals surface area (Å²) >= 11 is 0. The van der Waals surface area contributed by atoms with Crippen LogP contribution in [0.3, 0.4) is 0 Å². The van der Waals surface area contributed by atoms with Crippen LogP contribution in [0.4, 0.5) is 0 Å². The number of piperidine rings is 1. The number of rotatable bonds is 3. The summed E-state index contributed by atoms with van der Waals surface area (Å²) in [6.07, 6.45) is 2.36. The van der Waals surface area contributed by atoms with Gasteiger partial charge in [-0.3, -0.25) is 14.8 Å². The van der Waals surface area contributed by atoms with Crippen molar-refractivity contribution in [2.45, 2.75) is 51.2 Å². The van der Waals surface area contributed by atoms with Crippen molar-refractivity contribution >= 4 is 17.0 Å². The first-order valence-electron chi connectivity index (χ1n) is 9.44. The molecule has 0 aliphatic carbocycles. The first-order valence-corrected chi connectivity index (χ1v) is 9.44. The predicted molar refractivity (Wildman–Crippen MR) is 98.6 cm³/mol. The highest BCUT2D eigenvalue weighted by Crippen LogP contribution is 2.26. The summed E-state index contributed by atoms with van der Waals surface area (Å²) in [7, 11) is 0. The molecule has 0 saturated carbocycles. The normalized spacial score (nSPS) is 24.7. The molecule has 7 nitrogen and oxygen atoms in total. The largest absolute Gasteiger partial charge is 0.420 e. The third kappa shape index (κ3) is 3.05. The fourth-order valence-corrected chi connectivity index (χ4v) is 4.08. The SMILES string of the molecule is CC(C)C1CC(C(=O)N2CCC(n3c(=O)oc4ccccc43)CC2)NN1. The molecule has 2 aliphatic rings.